The maximum atomic E-state index is 5.69. The molecule has 92 valence electrons. The molecule has 4 nitrogen and oxygen atoms in total. The van der Waals surface area contributed by atoms with Crippen LogP contribution < -0.4 is 11.3 Å². The number of nitrogens with two attached hydrogens (primary N) is 1. The highest BCUT2D eigenvalue weighted by atomic mass is 15.3. The number of hydrogen-bond donors (Lipinski definition) is 2. The summed E-state index contributed by atoms with van der Waals surface area (Å²) in [5.41, 5.74) is 2.93. The molecule has 0 aromatic carbocycles. The first-order valence-corrected chi connectivity index (χ1v) is 6.17. The van der Waals surface area contributed by atoms with E-state index in [-0.39, 0.29) is 6.04 Å². The zero-order chi connectivity index (χ0) is 12.0. The predicted molar refractivity (Wildman–Crippen MR) is 66.6 cm³/mol. The zero-order valence-electron chi connectivity index (χ0n) is 10.6. The molecule has 0 spiro atoms. The van der Waals surface area contributed by atoms with Gasteiger partial charge < -0.3 is 4.57 Å². The fourth-order valence-electron chi connectivity index (χ4n) is 2.32. The van der Waals surface area contributed by atoms with Gasteiger partial charge in [-0.3, -0.25) is 5.84 Å². The molecule has 0 fully saturated rings. The quantitative estimate of drug-likeness (QED) is 0.551. The maximum Gasteiger partial charge on any atom is 0.127 e. The lowest BCUT2D eigenvalue weighted by Crippen LogP contribution is -2.35. The molecule has 1 atom stereocenters. The van der Waals surface area contributed by atoms with Crippen LogP contribution in [0.4, 0.5) is 0 Å². The van der Waals surface area contributed by atoms with Crippen molar-refractivity contribution in [1.29, 1.82) is 0 Å². The van der Waals surface area contributed by atoms with Gasteiger partial charge in [0.25, 0.3) is 0 Å². The van der Waals surface area contributed by atoms with Crippen molar-refractivity contribution in [3.05, 3.63) is 18.2 Å². The largest absolute Gasteiger partial charge is 0.337 e. The Kier molecular flexibility index (Phi) is 5.49. The SMILES string of the molecule is CCCC(CCC)C(NN)c1nccn1C. The van der Waals surface area contributed by atoms with Gasteiger partial charge in [-0.1, -0.05) is 26.7 Å². The second kappa shape index (κ2) is 6.66. The van der Waals surface area contributed by atoms with E-state index in [1.807, 2.05) is 24.0 Å². The minimum absolute atomic E-state index is 0.167. The van der Waals surface area contributed by atoms with Crippen LogP contribution in [0.1, 0.15) is 51.4 Å². The Morgan fingerprint density at radius 2 is 2.00 bits per heavy atom. The summed E-state index contributed by atoms with van der Waals surface area (Å²) in [4.78, 5) is 4.39. The number of rotatable bonds is 7. The molecule has 0 aliphatic carbocycles. The first-order valence-electron chi connectivity index (χ1n) is 6.17. The number of nitrogens with one attached hydrogen (secondary N) is 1. The van der Waals surface area contributed by atoms with Gasteiger partial charge in [0.2, 0.25) is 0 Å². The van der Waals surface area contributed by atoms with Gasteiger partial charge in [0.1, 0.15) is 5.82 Å². The van der Waals surface area contributed by atoms with Crippen molar-refractivity contribution in [3.8, 4) is 0 Å². The lowest BCUT2D eigenvalue weighted by molar-refractivity contribution is 0.303. The molecule has 0 bridgehead atoms. The minimum Gasteiger partial charge on any atom is -0.337 e. The van der Waals surface area contributed by atoms with E-state index < -0.39 is 0 Å². The summed E-state index contributed by atoms with van der Waals surface area (Å²) in [7, 11) is 2.02. The molecule has 1 aromatic rings. The average Bonchev–Trinajstić information content (AvgIpc) is 2.67. The molecular weight excluding hydrogens is 200 g/mol. The molecule has 0 radical (unpaired) electrons. The van der Waals surface area contributed by atoms with Crippen LogP contribution in [-0.2, 0) is 7.05 Å². The zero-order valence-corrected chi connectivity index (χ0v) is 10.6. The highest BCUT2D eigenvalue weighted by Crippen LogP contribution is 2.27. The van der Waals surface area contributed by atoms with Crippen LogP contribution >= 0.6 is 0 Å². The molecule has 16 heavy (non-hydrogen) atoms. The van der Waals surface area contributed by atoms with Crippen LogP contribution in [0.25, 0.3) is 0 Å². The normalized spacial score (nSPS) is 13.3. The summed E-state index contributed by atoms with van der Waals surface area (Å²) < 4.78 is 2.04. The Balaban J connectivity index is 2.81. The van der Waals surface area contributed by atoms with E-state index in [4.69, 9.17) is 5.84 Å². The molecule has 1 unspecified atom stereocenters. The van der Waals surface area contributed by atoms with E-state index in [1.165, 1.54) is 25.7 Å². The van der Waals surface area contributed by atoms with E-state index in [0.717, 1.165) is 5.82 Å². The van der Waals surface area contributed by atoms with Crippen LogP contribution in [0.15, 0.2) is 12.4 Å². The third-order valence-electron chi connectivity index (χ3n) is 3.11. The average molecular weight is 224 g/mol. The fourth-order valence-corrected chi connectivity index (χ4v) is 2.32. The number of hydrogen-bond acceptors (Lipinski definition) is 3. The summed E-state index contributed by atoms with van der Waals surface area (Å²) in [5, 5.41) is 0. The third kappa shape index (κ3) is 3.06. The van der Waals surface area contributed by atoms with Crippen LogP contribution in [0.3, 0.4) is 0 Å². The molecule has 4 heteroatoms. The van der Waals surface area contributed by atoms with Crippen molar-refractivity contribution in [2.45, 2.75) is 45.6 Å². The third-order valence-corrected chi connectivity index (χ3v) is 3.11. The number of hydrazine groups is 1. The molecule has 1 rings (SSSR count). The number of aromatic nitrogens is 2. The van der Waals surface area contributed by atoms with Crippen molar-refractivity contribution < 1.29 is 0 Å². The standard InChI is InChI=1S/C12H24N4/c1-4-6-10(7-5-2)11(15-13)12-14-8-9-16(12)3/h8-11,15H,4-7,13H2,1-3H3. The smallest absolute Gasteiger partial charge is 0.127 e. The Bertz CT molecular complexity index is 289. The number of nitrogens with zero attached hydrogens (tertiary/aromatic N) is 2. The van der Waals surface area contributed by atoms with E-state index in [2.05, 4.69) is 24.3 Å². The van der Waals surface area contributed by atoms with Gasteiger partial charge in [-0.2, -0.15) is 0 Å². The van der Waals surface area contributed by atoms with Crippen LogP contribution in [0.2, 0.25) is 0 Å². The van der Waals surface area contributed by atoms with E-state index in [1.54, 1.807) is 0 Å². The van der Waals surface area contributed by atoms with Gasteiger partial charge in [0.05, 0.1) is 6.04 Å². The van der Waals surface area contributed by atoms with Crippen molar-refractivity contribution in [1.82, 2.24) is 15.0 Å². The van der Waals surface area contributed by atoms with E-state index in [0.29, 0.717) is 5.92 Å². The maximum absolute atomic E-state index is 5.69. The van der Waals surface area contributed by atoms with Crippen molar-refractivity contribution in [3.63, 3.8) is 0 Å². The Labute approximate surface area is 98.2 Å². The minimum atomic E-state index is 0.167. The Morgan fingerprint density at radius 3 is 2.38 bits per heavy atom. The van der Waals surface area contributed by atoms with Crippen molar-refractivity contribution in [2.24, 2.45) is 18.8 Å². The summed E-state index contributed by atoms with van der Waals surface area (Å²) in [6.07, 6.45) is 8.55. The molecule has 0 saturated carbocycles. The van der Waals surface area contributed by atoms with Gasteiger partial charge in [0.15, 0.2) is 0 Å². The monoisotopic (exact) mass is 224 g/mol. The topological polar surface area (TPSA) is 55.9 Å². The molecule has 0 saturated heterocycles. The molecule has 1 heterocycles. The van der Waals surface area contributed by atoms with Crippen LogP contribution in [-0.4, -0.2) is 9.55 Å². The molecular formula is C12H24N4. The highest BCUT2D eigenvalue weighted by molar-refractivity contribution is 5.00. The van der Waals surface area contributed by atoms with Gasteiger partial charge >= 0.3 is 0 Å². The lowest BCUT2D eigenvalue weighted by Gasteiger charge is -2.25. The fraction of sp³-hybridized carbons (Fsp3) is 0.750. The molecule has 1 aromatic heterocycles. The first-order chi connectivity index (χ1) is 7.74. The van der Waals surface area contributed by atoms with Gasteiger partial charge in [-0.15, -0.1) is 0 Å². The number of imidazole rings is 1. The summed E-state index contributed by atoms with van der Waals surface area (Å²) >= 11 is 0. The van der Waals surface area contributed by atoms with Gasteiger partial charge in [0, 0.05) is 19.4 Å². The lowest BCUT2D eigenvalue weighted by atomic mass is 9.90. The molecule has 0 amide bonds. The number of aryl methyl sites for hydroxylation is 1. The molecule has 0 aliphatic rings. The Morgan fingerprint density at radius 1 is 1.38 bits per heavy atom. The first kappa shape index (κ1) is 13.2. The highest BCUT2D eigenvalue weighted by Gasteiger charge is 2.23. The summed E-state index contributed by atoms with van der Waals surface area (Å²) in [6, 6.07) is 0.167. The summed E-state index contributed by atoms with van der Waals surface area (Å²) in [6.45, 7) is 4.43. The predicted octanol–water partition coefficient (Wildman–Crippen LogP) is 2.14. The van der Waals surface area contributed by atoms with Crippen molar-refractivity contribution in [2.75, 3.05) is 0 Å². The van der Waals surface area contributed by atoms with E-state index in [9.17, 15) is 0 Å². The van der Waals surface area contributed by atoms with Crippen LogP contribution in [0.5, 0.6) is 0 Å². The van der Waals surface area contributed by atoms with E-state index >= 15 is 0 Å². The summed E-state index contributed by atoms with van der Waals surface area (Å²) in [5.74, 6) is 7.30. The van der Waals surface area contributed by atoms with Crippen LogP contribution in [0, 0.1) is 5.92 Å². The molecule has 0 aliphatic heterocycles. The van der Waals surface area contributed by atoms with Gasteiger partial charge in [-0.25, -0.2) is 10.4 Å². The second-order valence-corrected chi connectivity index (χ2v) is 4.38. The van der Waals surface area contributed by atoms with Gasteiger partial charge in [-0.05, 0) is 18.8 Å². The Hall–Kier alpha value is -0.870. The second-order valence-electron chi connectivity index (χ2n) is 4.38. The molecule has 3 N–H and O–H groups in total. The van der Waals surface area contributed by atoms with Crippen molar-refractivity contribution >= 4 is 0 Å².